The Morgan fingerprint density at radius 1 is 1.44 bits per heavy atom. The van der Waals surface area contributed by atoms with Crippen LogP contribution in [-0.2, 0) is 10.3 Å². The van der Waals surface area contributed by atoms with Gasteiger partial charge in [-0.15, -0.1) is 0 Å². The van der Waals surface area contributed by atoms with Gasteiger partial charge in [-0.3, -0.25) is 4.99 Å². The zero-order chi connectivity index (χ0) is 25.7. The van der Waals surface area contributed by atoms with Crippen molar-refractivity contribution >= 4 is 36.8 Å². The van der Waals surface area contributed by atoms with Crippen LogP contribution in [0.25, 0.3) is 0 Å². The average Bonchev–Trinajstić information content (AvgIpc) is 3.43. The molecule has 0 aromatic carbocycles. The minimum Gasteiger partial charge on any atom is -0.465 e. The second-order valence-electron chi connectivity index (χ2n) is 11.8. The van der Waals surface area contributed by atoms with Crippen molar-refractivity contribution in [3.63, 3.8) is 0 Å². The van der Waals surface area contributed by atoms with E-state index in [2.05, 4.69) is 24.6 Å². The summed E-state index contributed by atoms with van der Waals surface area (Å²) < 4.78 is 34.5. The van der Waals surface area contributed by atoms with Gasteiger partial charge in [-0.25, -0.2) is 19.1 Å². The van der Waals surface area contributed by atoms with Gasteiger partial charge in [0, 0.05) is 31.6 Å². The van der Waals surface area contributed by atoms with E-state index in [4.69, 9.17) is 15.5 Å². The van der Waals surface area contributed by atoms with Crippen LogP contribution < -0.4 is 5.73 Å². The predicted molar refractivity (Wildman–Crippen MR) is 135 cm³/mol. The van der Waals surface area contributed by atoms with Crippen LogP contribution in [-0.4, -0.2) is 58.6 Å². The maximum atomic E-state index is 14.8. The summed E-state index contributed by atoms with van der Waals surface area (Å²) in [5.41, 5.74) is 4.47. The maximum Gasteiger partial charge on any atom is 0.415 e. The van der Waals surface area contributed by atoms with Gasteiger partial charge >= 0.3 is 6.09 Å². The number of nitrogens with two attached hydrogens (primary N) is 1. The molecule has 4 atom stereocenters. The second-order valence-corrected chi connectivity index (χ2v) is 18.8. The third kappa shape index (κ3) is 5.25. The third-order valence-electron chi connectivity index (χ3n) is 6.47. The normalized spacial score (nSPS) is 27.6. The first-order chi connectivity index (χ1) is 15.5. The summed E-state index contributed by atoms with van der Waals surface area (Å²) in [7, 11) is -1.42. The number of ether oxygens (including phenoxy) is 1. The molecule has 1 amide bonds. The number of hydrogen-bond donors (Lipinski definition) is 2. The van der Waals surface area contributed by atoms with Crippen molar-refractivity contribution in [3.05, 3.63) is 23.8 Å². The highest BCUT2D eigenvalue weighted by molar-refractivity contribution is 8.15. The third-order valence-corrected chi connectivity index (χ3v) is 9.61. The van der Waals surface area contributed by atoms with Crippen LogP contribution >= 0.6 is 11.8 Å². The van der Waals surface area contributed by atoms with Gasteiger partial charge in [0.05, 0.1) is 22.2 Å². The predicted octanol–water partition coefficient (Wildman–Crippen LogP) is 5.56. The Balaban J connectivity index is 2.08. The van der Waals surface area contributed by atoms with E-state index in [9.17, 15) is 18.7 Å². The Morgan fingerprint density at radius 3 is 2.62 bits per heavy atom. The van der Waals surface area contributed by atoms with Crippen molar-refractivity contribution in [1.82, 2.24) is 9.88 Å². The van der Waals surface area contributed by atoms with Gasteiger partial charge in [0.15, 0.2) is 5.17 Å². The molecule has 34 heavy (non-hydrogen) atoms. The van der Waals surface area contributed by atoms with Gasteiger partial charge in [-0.05, 0) is 25.5 Å². The number of carboxylic acid groups (broad SMARTS) is 1. The molecule has 3 N–H and O–H groups in total. The highest BCUT2D eigenvalue weighted by Gasteiger charge is 2.68. The van der Waals surface area contributed by atoms with Gasteiger partial charge in [0.1, 0.15) is 12.9 Å². The topological polar surface area (TPSA) is 101 Å². The lowest BCUT2D eigenvalue weighted by molar-refractivity contribution is -0.0761. The van der Waals surface area contributed by atoms with Crippen molar-refractivity contribution in [3.8, 4) is 0 Å². The molecule has 1 aromatic heterocycles. The summed E-state index contributed by atoms with van der Waals surface area (Å²) in [6, 6.07) is 2.32. The zero-order valence-electron chi connectivity index (χ0n) is 21.0. The number of amides is 1. The highest BCUT2D eigenvalue weighted by Crippen LogP contribution is 2.66. The number of halogens is 2. The lowest BCUT2D eigenvalue weighted by atomic mass is 9.86. The summed E-state index contributed by atoms with van der Waals surface area (Å²) in [5.74, 6) is -1.06. The molecule has 2 aliphatic rings. The van der Waals surface area contributed by atoms with Gasteiger partial charge < -0.3 is 15.6 Å². The Labute approximate surface area is 205 Å². The molecule has 1 fully saturated rings. The number of nitrogens with zero attached hydrogens (tertiary/aromatic N) is 3. The molecule has 0 spiro atoms. The number of aliphatic imine (C=N–C) groups is 1. The molecule has 0 radical (unpaired) electrons. The first-order valence-electron chi connectivity index (χ1n) is 11.4. The monoisotopic (exact) mass is 514 g/mol. The van der Waals surface area contributed by atoms with E-state index in [1.54, 1.807) is 6.92 Å². The summed E-state index contributed by atoms with van der Waals surface area (Å²) in [4.78, 5) is 22.2. The van der Waals surface area contributed by atoms with E-state index in [-0.39, 0.29) is 22.3 Å². The summed E-state index contributed by atoms with van der Waals surface area (Å²) in [5, 5.41) is 10.4. The maximum absolute atomic E-state index is 14.8. The lowest BCUT2D eigenvalue weighted by Crippen LogP contribution is -2.53. The van der Waals surface area contributed by atoms with E-state index in [1.807, 2.05) is 20.8 Å². The number of carbonyl (C=O) groups is 1. The molecule has 190 valence electrons. The average molecular weight is 515 g/mol. The highest BCUT2D eigenvalue weighted by atomic mass is 32.2. The van der Waals surface area contributed by atoms with Crippen molar-refractivity contribution in [2.24, 2.45) is 16.3 Å². The molecule has 11 heteroatoms. The fourth-order valence-electron chi connectivity index (χ4n) is 4.41. The smallest absolute Gasteiger partial charge is 0.415 e. The van der Waals surface area contributed by atoms with E-state index in [0.29, 0.717) is 13.0 Å². The number of alkyl halides is 1. The fraction of sp³-hybridized carbons (Fsp3) is 0.696. The van der Waals surface area contributed by atoms with E-state index in [0.717, 1.165) is 22.7 Å². The molecule has 7 nitrogen and oxygen atoms in total. The molecule has 0 saturated heterocycles. The van der Waals surface area contributed by atoms with Crippen LogP contribution in [0, 0.1) is 17.3 Å². The molecular formula is C23H36F2N4O3SSi. The van der Waals surface area contributed by atoms with Crippen molar-refractivity contribution in [2.45, 2.75) is 76.3 Å². The quantitative estimate of drug-likeness (QED) is 0.281. The van der Waals surface area contributed by atoms with E-state index in [1.165, 1.54) is 12.3 Å². The summed E-state index contributed by atoms with van der Waals surface area (Å²) >= 11 is 1.11. The molecule has 3 unspecified atom stereocenters. The molecule has 3 rings (SSSR count). The van der Waals surface area contributed by atoms with Crippen LogP contribution in [0.5, 0.6) is 0 Å². The van der Waals surface area contributed by atoms with E-state index < -0.39 is 48.7 Å². The van der Waals surface area contributed by atoms with Crippen LogP contribution in [0.1, 0.15) is 39.7 Å². The summed E-state index contributed by atoms with van der Waals surface area (Å²) in [6.45, 7) is 13.8. The molecular weight excluding hydrogens is 478 g/mol. The van der Waals surface area contributed by atoms with Crippen LogP contribution in [0.2, 0.25) is 25.7 Å². The largest absolute Gasteiger partial charge is 0.465 e. The molecule has 1 aromatic rings. The van der Waals surface area contributed by atoms with Crippen molar-refractivity contribution in [1.29, 1.82) is 0 Å². The zero-order valence-corrected chi connectivity index (χ0v) is 22.8. The number of pyridine rings is 1. The van der Waals surface area contributed by atoms with Gasteiger partial charge in [-0.1, -0.05) is 52.2 Å². The van der Waals surface area contributed by atoms with Gasteiger partial charge in [0.2, 0.25) is 5.95 Å². The van der Waals surface area contributed by atoms with Crippen molar-refractivity contribution in [2.75, 3.05) is 19.0 Å². The number of thioether (sulfide) groups is 1. The van der Waals surface area contributed by atoms with Crippen molar-refractivity contribution < 1.29 is 23.4 Å². The van der Waals surface area contributed by atoms with E-state index >= 15 is 0 Å². The number of amidine groups is 1. The number of aromatic nitrogens is 1. The van der Waals surface area contributed by atoms with Crippen LogP contribution in [0.3, 0.4) is 0 Å². The molecule has 0 bridgehead atoms. The fourth-order valence-corrected chi connectivity index (χ4v) is 6.69. The van der Waals surface area contributed by atoms with Gasteiger partial charge in [-0.2, -0.15) is 4.39 Å². The number of nitrogen functional groups attached to an aromatic ring is 1. The molecule has 1 aliphatic carbocycles. The number of hydrogen-bond acceptors (Lipinski definition) is 6. The Bertz CT molecular complexity index is 984. The molecule has 2 heterocycles. The number of fused-ring (bicyclic) bond motifs is 1. The van der Waals surface area contributed by atoms with Gasteiger partial charge in [0.25, 0.3) is 0 Å². The van der Waals surface area contributed by atoms with Crippen LogP contribution in [0.15, 0.2) is 17.3 Å². The number of anilines is 1. The SMILES string of the molecule is CC(C)(C)C(OCC[Si](C)(C)C)N(C(=O)O)C1=N[C@](C)(c2cc(N)cnc2F)C2CC2(CF)S1. The first-order valence-corrected chi connectivity index (χ1v) is 16.0. The first kappa shape index (κ1) is 26.9. The Kier molecular flexibility index (Phi) is 7.16. The Hall–Kier alpha value is -1.72. The minimum absolute atomic E-state index is 0.108. The number of rotatable bonds is 7. The lowest BCUT2D eigenvalue weighted by Gasteiger charge is -2.42. The van der Waals surface area contributed by atoms with Crippen LogP contribution in [0.4, 0.5) is 19.3 Å². The second kappa shape index (κ2) is 9.05. The summed E-state index contributed by atoms with van der Waals surface area (Å²) in [6.07, 6.45) is -0.449. The molecule has 1 aliphatic heterocycles. The minimum atomic E-state index is -1.42. The molecule has 1 saturated carbocycles. The standard InChI is InChI=1S/C23H36F2N4O3SSi/c1-21(2,3)18(32-8-9-34(5,6)7)29(20(30)31)19-28-22(4,16-11-23(16,13-24)33-19)15-10-14(26)12-27-17(15)25/h10,12,16,18H,8-9,11,13,26H2,1-7H3,(H,30,31)/t16?,18?,22-,23?/m1/s1. The Morgan fingerprint density at radius 2 is 2.09 bits per heavy atom.